The largest absolute Gasteiger partial charge is 0.466 e. The smallest absolute Gasteiger partial charge is 0.129 e. The first-order valence-electron chi connectivity index (χ1n) is 5.66. The third kappa shape index (κ3) is 2.59. The van der Waals surface area contributed by atoms with E-state index < -0.39 is 17.7 Å². The molecule has 0 aliphatic carbocycles. The molecule has 0 aliphatic rings. The predicted molar refractivity (Wildman–Crippen MR) is 63.2 cm³/mol. The molecule has 0 radical (unpaired) electrons. The maximum Gasteiger partial charge on any atom is 0.129 e. The number of aryl methyl sites for hydroxylation is 2. The van der Waals surface area contributed by atoms with Gasteiger partial charge in [0.05, 0.1) is 6.10 Å². The van der Waals surface area contributed by atoms with Crippen molar-refractivity contribution in [3.8, 4) is 0 Å². The second-order valence-electron chi connectivity index (χ2n) is 4.32. The van der Waals surface area contributed by atoms with Crippen molar-refractivity contribution in [2.45, 2.75) is 26.4 Å². The van der Waals surface area contributed by atoms with Gasteiger partial charge in [0, 0.05) is 18.1 Å². The Morgan fingerprint density at radius 1 is 1.22 bits per heavy atom. The number of halogens is 2. The number of benzene rings is 1. The van der Waals surface area contributed by atoms with Gasteiger partial charge in [-0.25, -0.2) is 8.78 Å². The van der Waals surface area contributed by atoms with Crippen molar-refractivity contribution < 1.29 is 18.3 Å². The fourth-order valence-corrected chi connectivity index (χ4v) is 1.99. The number of hydrogen-bond donors (Lipinski definition) is 1. The van der Waals surface area contributed by atoms with Crippen LogP contribution in [0, 0.1) is 25.5 Å². The van der Waals surface area contributed by atoms with Crippen LogP contribution in [0.2, 0.25) is 0 Å². The van der Waals surface area contributed by atoms with Crippen molar-refractivity contribution in [3.63, 3.8) is 0 Å². The summed E-state index contributed by atoms with van der Waals surface area (Å²) >= 11 is 0. The van der Waals surface area contributed by atoms with Crippen LogP contribution in [0.5, 0.6) is 0 Å². The summed E-state index contributed by atoms with van der Waals surface area (Å²) in [7, 11) is 0. The van der Waals surface area contributed by atoms with Gasteiger partial charge in [0.2, 0.25) is 0 Å². The lowest BCUT2D eigenvalue weighted by molar-refractivity contribution is 0.175. The number of aliphatic hydroxyl groups excluding tert-OH is 1. The highest BCUT2D eigenvalue weighted by Crippen LogP contribution is 2.25. The predicted octanol–water partition coefficient (Wildman–Crippen LogP) is 3.45. The highest BCUT2D eigenvalue weighted by molar-refractivity contribution is 5.26. The maximum atomic E-state index is 13.5. The normalized spacial score (nSPS) is 12.7. The first kappa shape index (κ1) is 12.8. The van der Waals surface area contributed by atoms with Crippen LogP contribution in [-0.2, 0) is 6.42 Å². The summed E-state index contributed by atoms with van der Waals surface area (Å²) in [5.74, 6) is 0.0386. The van der Waals surface area contributed by atoms with E-state index in [9.17, 15) is 13.9 Å². The average Bonchev–Trinajstić information content (AvgIpc) is 2.62. The molecule has 0 spiro atoms. The van der Waals surface area contributed by atoms with Crippen LogP contribution in [0.1, 0.15) is 28.8 Å². The van der Waals surface area contributed by atoms with Crippen LogP contribution >= 0.6 is 0 Å². The Balaban J connectivity index is 2.21. The van der Waals surface area contributed by atoms with E-state index in [-0.39, 0.29) is 12.0 Å². The molecule has 0 bridgehead atoms. The van der Waals surface area contributed by atoms with Crippen LogP contribution in [0.4, 0.5) is 8.78 Å². The summed E-state index contributed by atoms with van der Waals surface area (Å²) in [6.45, 7) is 3.52. The standard InChI is InChI=1S/C14H14F2O2/c1-8-5-12(9(2)18-8)14(17)6-10-3-4-11(15)7-13(10)16/h3-5,7,14,17H,6H2,1-2H3. The lowest BCUT2D eigenvalue weighted by atomic mass is 10.0. The van der Waals surface area contributed by atoms with Gasteiger partial charge >= 0.3 is 0 Å². The van der Waals surface area contributed by atoms with Crippen molar-refractivity contribution in [2.24, 2.45) is 0 Å². The number of rotatable bonds is 3. The number of aliphatic hydroxyl groups is 1. The molecule has 0 saturated heterocycles. The third-order valence-corrected chi connectivity index (χ3v) is 2.87. The first-order valence-corrected chi connectivity index (χ1v) is 5.66. The van der Waals surface area contributed by atoms with Gasteiger partial charge in [0.15, 0.2) is 0 Å². The molecular weight excluding hydrogens is 238 g/mol. The van der Waals surface area contributed by atoms with E-state index in [2.05, 4.69) is 0 Å². The molecule has 18 heavy (non-hydrogen) atoms. The van der Waals surface area contributed by atoms with Crippen LogP contribution in [0.3, 0.4) is 0 Å². The van der Waals surface area contributed by atoms with E-state index in [1.165, 1.54) is 12.1 Å². The molecule has 4 heteroatoms. The Morgan fingerprint density at radius 3 is 2.50 bits per heavy atom. The monoisotopic (exact) mass is 252 g/mol. The highest BCUT2D eigenvalue weighted by atomic mass is 19.1. The summed E-state index contributed by atoms with van der Waals surface area (Å²) in [6.07, 6.45) is -0.770. The Bertz CT molecular complexity index is 561. The molecule has 1 heterocycles. The molecule has 0 saturated carbocycles. The van der Waals surface area contributed by atoms with Crippen molar-refractivity contribution >= 4 is 0 Å². The van der Waals surface area contributed by atoms with Crippen molar-refractivity contribution in [2.75, 3.05) is 0 Å². The zero-order chi connectivity index (χ0) is 13.3. The molecule has 2 rings (SSSR count). The molecule has 2 nitrogen and oxygen atoms in total. The Hall–Kier alpha value is -1.68. The fraction of sp³-hybridized carbons (Fsp3) is 0.286. The second kappa shape index (κ2) is 4.90. The van der Waals surface area contributed by atoms with Crippen molar-refractivity contribution in [3.05, 3.63) is 58.5 Å². The van der Waals surface area contributed by atoms with Gasteiger partial charge in [-0.05, 0) is 31.5 Å². The van der Waals surface area contributed by atoms with Gasteiger partial charge in [0.1, 0.15) is 23.2 Å². The maximum absolute atomic E-state index is 13.5. The van der Waals surface area contributed by atoms with E-state index in [1.807, 2.05) is 0 Å². The molecule has 0 amide bonds. The lowest BCUT2D eigenvalue weighted by Crippen LogP contribution is -2.04. The van der Waals surface area contributed by atoms with Gasteiger partial charge in [0.25, 0.3) is 0 Å². The van der Waals surface area contributed by atoms with Crippen molar-refractivity contribution in [1.82, 2.24) is 0 Å². The topological polar surface area (TPSA) is 33.4 Å². The van der Waals surface area contributed by atoms with E-state index >= 15 is 0 Å². The van der Waals surface area contributed by atoms with Crippen LogP contribution in [0.25, 0.3) is 0 Å². The van der Waals surface area contributed by atoms with Crippen LogP contribution in [0.15, 0.2) is 28.7 Å². The minimum Gasteiger partial charge on any atom is -0.466 e. The molecule has 1 unspecified atom stereocenters. The zero-order valence-electron chi connectivity index (χ0n) is 10.2. The summed E-state index contributed by atoms with van der Waals surface area (Å²) in [6, 6.07) is 5.06. The highest BCUT2D eigenvalue weighted by Gasteiger charge is 2.17. The summed E-state index contributed by atoms with van der Waals surface area (Å²) < 4.78 is 31.5. The molecule has 1 atom stereocenters. The molecule has 96 valence electrons. The molecular formula is C14H14F2O2. The zero-order valence-corrected chi connectivity index (χ0v) is 10.2. The van der Waals surface area contributed by atoms with Gasteiger partial charge in [-0.3, -0.25) is 0 Å². The number of hydrogen-bond acceptors (Lipinski definition) is 2. The molecule has 2 aromatic rings. The summed E-state index contributed by atoms with van der Waals surface area (Å²) in [5, 5.41) is 10.0. The van der Waals surface area contributed by atoms with E-state index in [0.29, 0.717) is 17.1 Å². The molecule has 1 aromatic heterocycles. The van der Waals surface area contributed by atoms with E-state index in [4.69, 9.17) is 4.42 Å². The van der Waals surface area contributed by atoms with Crippen LogP contribution < -0.4 is 0 Å². The first-order chi connectivity index (χ1) is 8.47. The SMILES string of the molecule is Cc1cc(C(O)Cc2ccc(F)cc2F)c(C)o1. The minimum atomic E-state index is -0.859. The van der Waals surface area contributed by atoms with Crippen molar-refractivity contribution in [1.29, 1.82) is 0 Å². The summed E-state index contributed by atoms with van der Waals surface area (Å²) in [4.78, 5) is 0. The minimum absolute atomic E-state index is 0.0892. The molecule has 0 fully saturated rings. The molecule has 1 aromatic carbocycles. The summed E-state index contributed by atoms with van der Waals surface area (Å²) in [5.41, 5.74) is 0.915. The van der Waals surface area contributed by atoms with Gasteiger partial charge < -0.3 is 9.52 Å². The van der Waals surface area contributed by atoms with Gasteiger partial charge in [-0.2, -0.15) is 0 Å². The second-order valence-corrected chi connectivity index (χ2v) is 4.32. The third-order valence-electron chi connectivity index (χ3n) is 2.87. The Kier molecular flexibility index (Phi) is 3.48. The van der Waals surface area contributed by atoms with Gasteiger partial charge in [-0.1, -0.05) is 6.07 Å². The molecule has 0 aliphatic heterocycles. The number of furan rings is 1. The Morgan fingerprint density at radius 2 is 1.94 bits per heavy atom. The van der Waals surface area contributed by atoms with E-state index in [1.54, 1.807) is 19.9 Å². The average molecular weight is 252 g/mol. The Labute approximate surface area is 104 Å². The van der Waals surface area contributed by atoms with E-state index in [0.717, 1.165) is 6.07 Å². The van der Waals surface area contributed by atoms with Gasteiger partial charge in [-0.15, -0.1) is 0 Å². The fourth-order valence-electron chi connectivity index (χ4n) is 1.99. The molecule has 1 N–H and O–H groups in total. The van der Waals surface area contributed by atoms with Crippen LogP contribution in [-0.4, -0.2) is 5.11 Å². The quantitative estimate of drug-likeness (QED) is 0.907. The lowest BCUT2D eigenvalue weighted by Gasteiger charge is -2.10.